The minimum absolute atomic E-state index is 0.0334. The van der Waals surface area contributed by atoms with Crippen molar-refractivity contribution >= 4 is 28.7 Å². The van der Waals surface area contributed by atoms with Crippen molar-refractivity contribution in [1.29, 1.82) is 0 Å². The van der Waals surface area contributed by atoms with E-state index in [0.29, 0.717) is 18.0 Å². The third-order valence-corrected chi connectivity index (χ3v) is 7.04. The number of likely N-dealkylation sites (tertiary alicyclic amines) is 1. The van der Waals surface area contributed by atoms with Crippen LogP contribution in [0.1, 0.15) is 30.0 Å². The lowest BCUT2D eigenvalue weighted by Gasteiger charge is -2.32. The Labute approximate surface area is 202 Å². The molecule has 1 saturated carbocycles. The van der Waals surface area contributed by atoms with E-state index in [9.17, 15) is 22.4 Å². The highest BCUT2D eigenvalue weighted by Crippen LogP contribution is 2.34. The SMILES string of the molecule is CN1CC[C@@H](Nc2nccn3c(CC(F)(F)F)c(-c4nnc(CNC(=O)C5CC5)s4)nc23)[C@@H](F)C1. The number of fused-ring (bicyclic) bond motifs is 1. The van der Waals surface area contributed by atoms with Crippen molar-refractivity contribution in [3.05, 3.63) is 23.1 Å². The molecule has 2 N–H and O–H groups in total. The lowest BCUT2D eigenvalue weighted by Crippen LogP contribution is -2.46. The summed E-state index contributed by atoms with van der Waals surface area (Å²) in [6.45, 7) is 1.09. The van der Waals surface area contributed by atoms with Gasteiger partial charge in [-0.25, -0.2) is 14.4 Å². The number of hydrogen-bond acceptors (Lipinski definition) is 8. The van der Waals surface area contributed by atoms with E-state index >= 15 is 0 Å². The van der Waals surface area contributed by atoms with Gasteiger partial charge in [-0.3, -0.25) is 9.20 Å². The van der Waals surface area contributed by atoms with E-state index in [1.54, 1.807) is 0 Å². The highest BCUT2D eigenvalue weighted by molar-refractivity contribution is 7.14. The fraction of sp³-hybridized carbons (Fsp3) is 0.571. The second-order valence-electron chi connectivity index (χ2n) is 8.98. The number of rotatable bonds is 7. The van der Waals surface area contributed by atoms with Gasteiger partial charge in [-0.1, -0.05) is 11.3 Å². The molecule has 2 aliphatic rings. The van der Waals surface area contributed by atoms with Crippen LogP contribution in [0.3, 0.4) is 0 Å². The number of carbonyl (C=O) groups is 1. The zero-order chi connectivity index (χ0) is 24.7. The number of halogens is 4. The molecule has 1 amide bonds. The standard InChI is InChI=1S/C21H24F4N8OS/c1-32-6-4-13(12(22)10-32)28-17-18-29-16(14(8-21(23,24)25)33(18)7-5-26-17)20-31-30-15(35-20)9-27-19(34)11-2-3-11/h5,7,11-13H,2-4,6,8-10H2,1H3,(H,26,28)(H,27,34)/t12-,13+/m0/s1. The number of amides is 1. The van der Waals surface area contributed by atoms with Crippen LogP contribution in [0.25, 0.3) is 16.3 Å². The van der Waals surface area contributed by atoms with Gasteiger partial charge in [0.1, 0.15) is 16.9 Å². The first-order valence-corrected chi connectivity index (χ1v) is 12.1. The average Bonchev–Trinajstić information content (AvgIpc) is 3.44. The molecule has 188 valence electrons. The normalized spacial score (nSPS) is 21.4. The molecule has 3 aromatic rings. The topological polar surface area (TPSA) is 100 Å². The van der Waals surface area contributed by atoms with E-state index in [2.05, 4.69) is 30.8 Å². The predicted molar refractivity (Wildman–Crippen MR) is 121 cm³/mol. The van der Waals surface area contributed by atoms with Crippen LogP contribution in [0.4, 0.5) is 23.4 Å². The summed E-state index contributed by atoms with van der Waals surface area (Å²) in [5, 5.41) is 14.6. The Kier molecular flexibility index (Phi) is 6.34. The molecular formula is C21H24F4N8OS. The Balaban J connectivity index is 1.46. The van der Waals surface area contributed by atoms with Crippen molar-refractivity contribution in [1.82, 2.24) is 34.8 Å². The molecule has 1 aliphatic carbocycles. The van der Waals surface area contributed by atoms with Gasteiger partial charge < -0.3 is 15.5 Å². The third-order valence-electron chi connectivity index (χ3n) is 6.11. The summed E-state index contributed by atoms with van der Waals surface area (Å²) in [5.41, 5.74) is 0.0883. The van der Waals surface area contributed by atoms with Crippen LogP contribution in [-0.2, 0) is 17.8 Å². The zero-order valence-corrected chi connectivity index (χ0v) is 19.7. The smallest absolute Gasteiger partial charge is 0.361 e. The second kappa shape index (κ2) is 9.30. The highest BCUT2D eigenvalue weighted by Gasteiger charge is 2.34. The van der Waals surface area contributed by atoms with Crippen LogP contribution in [0.2, 0.25) is 0 Å². The number of imidazole rings is 1. The summed E-state index contributed by atoms with van der Waals surface area (Å²) in [6, 6.07) is -0.528. The Morgan fingerprint density at radius 3 is 2.77 bits per heavy atom. The van der Waals surface area contributed by atoms with Crippen LogP contribution < -0.4 is 10.6 Å². The van der Waals surface area contributed by atoms with E-state index in [-0.39, 0.29) is 52.8 Å². The molecule has 0 radical (unpaired) electrons. The van der Waals surface area contributed by atoms with Crippen molar-refractivity contribution < 1.29 is 22.4 Å². The lowest BCUT2D eigenvalue weighted by atomic mass is 10.0. The second-order valence-corrected chi connectivity index (χ2v) is 10.0. The first-order chi connectivity index (χ1) is 16.7. The number of anilines is 1. The highest BCUT2D eigenvalue weighted by atomic mass is 32.1. The predicted octanol–water partition coefficient (Wildman–Crippen LogP) is 2.83. The van der Waals surface area contributed by atoms with E-state index in [1.807, 2.05) is 11.9 Å². The third kappa shape index (κ3) is 5.37. The van der Waals surface area contributed by atoms with E-state index < -0.39 is 24.8 Å². The molecule has 0 spiro atoms. The molecule has 4 heterocycles. The van der Waals surface area contributed by atoms with Gasteiger partial charge in [-0.2, -0.15) is 13.2 Å². The maximum Gasteiger partial charge on any atom is 0.394 e. The van der Waals surface area contributed by atoms with Gasteiger partial charge >= 0.3 is 6.18 Å². The van der Waals surface area contributed by atoms with Gasteiger partial charge in [0, 0.05) is 31.4 Å². The van der Waals surface area contributed by atoms with Crippen molar-refractivity contribution in [2.75, 3.05) is 25.5 Å². The number of piperidine rings is 1. The van der Waals surface area contributed by atoms with Crippen LogP contribution in [-0.4, -0.2) is 73.9 Å². The summed E-state index contributed by atoms with van der Waals surface area (Å²) in [7, 11) is 1.83. The van der Waals surface area contributed by atoms with Gasteiger partial charge in [0.05, 0.1) is 24.7 Å². The fourth-order valence-electron chi connectivity index (χ4n) is 4.13. The van der Waals surface area contributed by atoms with Crippen molar-refractivity contribution in [3.63, 3.8) is 0 Å². The fourth-order valence-corrected chi connectivity index (χ4v) is 4.92. The summed E-state index contributed by atoms with van der Waals surface area (Å²) < 4.78 is 56.4. The Hall–Kier alpha value is -2.87. The largest absolute Gasteiger partial charge is 0.394 e. The van der Waals surface area contributed by atoms with E-state index in [0.717, 1.165) is 24.2 Å². The molecule has 0 unspecified atom stereocenters. The van der Waals surface area contributed by atoms with Gasteiger partial charge in [-0.15, -0.1) is 10.2 Å². The first-order valence-electron chi connectivity index (χ1n) is 11.3. The zero-order valence-electron chi connectivity index (χ0n) is 18.8. The Morgan fingerprint density at radius 1 is 1.26 bits per heavy atom. The molecule has 3 aromatic heterocycles. The first kappa shape index (κ1) is 23.9. The molecule has 14 heteroatoms. The van der Waals surface area contributed by atoms with Gasteiger partial charge in [0.15, 0.2) is 16.5 Å². The van der Waals surface area contributed by atoms with Gasteiger partial charge in [-0.05, 0) is 26.3 Å². The lowest BCUT2D eigenvalue weighted by molar-refractivity contribution is -0.128. The molecule has 0 aromatic carbocycles. The van der Waals surface area contributed by atoms with Crippen LogP contribution >= 0.6 is 11.3 Å². The molecule has 1 aliphatic heterocycles. The van der Waals surface area contributed by atoms with Crippen molar-refractivity contribution in [2.24, 2.45) is 5.92 Å². The average molecular weight is 513 g/mol. The molecule has 0 bridgehead atoms. The van der Waals surface area contributed by atoms with Gasteiger partial charge in [0.25, 0.3) is 0 Å². The number of nitrogens with one attached hydrogen (secondary N) is 2. The van der Waals surface area contributed by atoms with E-state index in [1.165, 1.54) is 16.8 Å². The summed E-state index contributed by atoms with van der Waals surface area (Å²) >= 11 is 1.07. The molecule has 5 rings (SSSR count). The molecule has 35 heavy (non-hydrogen) atoms. The number of aromatic nitrogens is 5. The Morgan fingerprint density at radius 2 is 2.06 bits per heavy atom. The number of nitrogens with zero attached hydrogens (tertiary/aromatic N) is 6. The van der Waals surface area contributed by atoms with E-state index in [4.69, 9.17) is 0 Å². The molecule has 9 nitrogen and oxygen atoms in total. The van der Waals surface area contributed by atoms with Crippen molar-refractivity contribution in [3.8, 4) is 10.7 Å². The Bertz CT molecular complexity index is 1220. The minimum Gasteiger partial charge on any atom is -0.361 e. The van der Waals surface area contributed by atoms with Crippen molar-refractivity contribution in [2.45, 2.75) is 50.6 Å². The summed E-state index contributed by atoms with van der Waals surface area (Å²) in [4.78, 5) is 22.5. The number of carbonyl (C=O) groups excluding carboxylic acids is 1. The minimum atomic E-state index is -4.49. The molecular weight excluding hydrogens is 488 g/mol. The summed E-state index contributed by atoms with van der Waals surface area (Å²) in [6.07, 6.45) is -1.88. The molecule has 2 atom stereocenters. The van der Waals surface area contributed by atoms with Crippen LogP contribution in [0.5, 0.6) is 0 Å². The van der Waals surface area contributed by atoms with Crippen LogP contribution in [0.15, 0.2) is 12.4 Å². The molecule has 2 fully saturated rings. The maximum absolute atomic E-state index is 14.6. The quantitative estimate of drug-likeness (QED) is 0.470. The van der Waals surface area contributed by atoms with Gasteiger partial charge in [0.2, 0.25) is 5.91 Å². The van der Waals surface area contributed by atoms with Crippen LogP contribution in [0, 0.1) is 5.92 Å². The summed E-state index contributed by atoms with van der Waals surface area (Å²) in [5.74, 6) is 0.182. The monoisotopic (exact) mass is 512 g/mol. The molecule has 1 saturated heterocycles. The number of alkyl halides is 4. The maximum atomic E-state index is 14.6. The number of hydrogen-bond donors (Lipinski definition) is 2.